The van der Waals surface area contributed by atoms with Crippen LogP contribution < -0.4 is 0 Å². The third-order valence-corrected chi connectivity index (χ3v) is 5.63. The largest absolute Gasteiger partial charge is 0.361 e. The van der Waals surface area contributed by atoms with E-state index in [-0.39, 0.29) is 11.8 Å². The first kappa shape index (κ1) is 17.6. The standard InChI is InChI=1S/C22H22N6O/c29-20(12-17-13-26-19-6-2-1-5-18(17)19)27-10-3-4-16(14-27)21-22(25-8-7-24-21)28-11-9-23-15-28/h1-2,5-9,11,13,15-16,26H,3-4,10,12,14H2. The molecule has 4 heterocycles. The molecule has 146 valence electrons. The molecule has 0 spiro atoms. The summed E-state index contributed by atoms with van der Waals surface area (Å²) in [6.45, 7) is 1.46. The molecule has 1 aliphatic rings. The van der Waals surface area contributed by atoms with Crippen molar-refractivity contribution in [2.75, 3.05) is 13.1 Å². The predicted octanol–water partition coefficient (Wildman–Crippen LogP) is 3.09. The average molecular weight is 386 g/mol. The number of amides is 1. The third kappa shape index (κ3) is 3.40. The first-order chi connectivity index (χ1) is 14.3. The van der Waals surface area contributed by atoms with Gasteiger partial charge in [-0.15, -0.1) is 0 Å². The third-order valence-electron chi connectivity index (χ3n) is 5.63. The highest BCUT2D eigenvalue weighted by Crippen LogP contribution is 2.29. The smallest absolute Gasteiger partial charge is 0.227 e. The Morgan fingerprint density at radius 3 is 2.97 bits per heavy atom. The lowest BCUT2D eigenvalue weighted by Crippen LogP contribution is -2.40. The summed E-state index contributed by atoms with van der Waals surface area (Å²) in [6.07, 6.45) is 13.1. The van der Waals surface area contributed by atoms with Crippen molar-refractivity contribution in [2.45, 2.75) is 25.2 Å². The van der Waals surface area contributed by atoms with Crippen LogP contribution in [0.1, 0.15) is 30.0 Å². The number of piperidine rings is 1. The van der Waals surface area contributed by atoms with E-state index in [1.807, 2.05) is 40.1 Å². The number of hydrogen-bond acceptors (Lipinski definition) is 4. The van der Waals surface area contributed by atoms with Gasteiger partial charge in [0.25, 0.3) is 0 Å². The van der Waals surface area contributed by atoms with Gasteiger partial charge < -0.3 is 9.88 Å². The minimum absolute atomic E-state index is 0.160. The van der Waals surface area contributed by atoms with Crippen LogP contribution in [0.25, 0.3) is 16.7 Å². The van der Waals surface area contributed by atoms with Gasteiger partial charge in [-0.2, -0.15) is 0 Å². The van der Waals surface area contributed by atoms with Gasteiger partial charge in [0.15, 0.2) is 5.82 Å². The van der Waals surface area contributed by atoms with E-state index in [4.69, 9.17) is 0 Å². The van der Waals surface area contributed by atoms with Crippen LogP contribution in [0.15, 0.2) is 61.6 Å². The number of para-hydroxylation sites is 1. The molecule has 0 saturated carbocycles. The number of aromatic nitrogens is 5. The number of carbonyl (C=O) groups excluding carboxylic acids is 1. The number of carbonyl (C=O) groups is 1. The summed E-state index contributed by atoms with van der Waals surface area (Å²) in [5.74, 6) is 1.12. The Balaban J connectivity index is 1.36. The van der Waals surface area contributed by atoms with Gasteiger partial charge in [-0.25, -0.2) is 9.97 Å². The fraction of sp³-hybridized carbons (Fsp3) is 0.273. The van der Waals surface area contributed by atoms with Crippen molar-refractivity contribution >= 4 is 16.8 Å². The van der Waals surface area contributed by atoms with Crippen molar-refractivity contribution in [1.29, 1.82) is 0 Å². The lowest BCUT2D eigenvalue weighted by atomic mass is 9.93. The minimum atomic E-state index is 0.160. The summed E-state index contributed by atoms with van der Waals surface area (Å²) in [7, 11) is 0. The van der Waals surface area contributed by atoms with Crippen molar-refractivity contribution in [1.82, 2.24) is 29.4 Å². The number of fused-ring (bicyclic) bond motifs is 1. The van der Waals surface area contributed by atoms with Crippen molar-refractivity contribution in [3.63, 3.8) is 0 Å². The second-order valence-corrected chi connectivity index (χ2v) is 7.45. The first-order valence-electron chi connectivity index (χ1n) is 9.91. The molecule has 1 amide bonds. The molecule has 1 saturated heterocycles. The van der Waals surface area contributed by atoms with E-state index in [9.17, 15) is 4.79 Å². The fourth-order valence-electron chi connectivity index (χ4n) is 4.19. The van der Waals surface area contributed by atoms with Crippen molar-refractivity contribution in [3.8, 4) is 5.82 Å². The van der Waals surface area contributed by atoms with Gasteiger partial charge in [0.05, 0.1) is 12.1 Å². The van der Waals surface area contributed by atoms with E-state index in [1.54, 1.807) is 24.9 Å². The zero-order chi connectivity index (χ0) is 19.6. The van der Waals surface area contributed by atoms with Gasteiger partial charge in [0, 0.05) is 60.9 Å². The van der Waals surface area contributed by atoms with E-state index in [1.165, 1.54) is 0 Å². The van der Waals surface area contributed by atoms with E-state index in [0.29, 0.717) is 13.0 Å². The SMILES string of the molecule is O=C(Cc1c[nH]c2ccccc12)N1CCCC(c2nccnc2-n2ccnc2)C1. The highest BCUT2D eigenvalue weighted by atomic mass is 16.2. The summed E-state index contributed by atoms with van der Waals surface area (Å²) in [5.41, 5.74) is 3.04. The van der Waals surface area contributed by atoms with E-state index >= 15 is 0 Å². The van der Waals surface area contributed by atoms with Crippen LogP contribution in [0.5, 0.6) is 0 Å². The number of aromatic amines is 1. The normalized spacial score (nSPS) is 17.0. The van der Waals surface area contributed by atoms with E-state index in [2.05, 4.69) is 26.0 Å². The van der Waals surface area contributed by atoms with Gasteiger partial charge in [0.1, 0.15) is 6.33 Å². The molecule has 29 heavy (non-hydrogen) atoms. The Morgan fingerprint density at radius 2 is 2.07 bits per heavy atom. The molecule has 1 N–H and O–H groups in total. The maximum Gasteiger partial charge on any atom is 0.227 e. The maximum atomic E-state index is 13.1. The summed E-state index contributed by atoms with van der Waals surface area (Å²) in [6, 6.07) is 8.10. The second-order valence-electron chi connectivity index (χ2n) is 7.45. The number of nitrogens with zero attached hydrogens (tertiary/aromatic N) is 5. The molecule has 1 atom stereocenters. The predicted molar refractivity (Wildman–Crippen MR) is 110 cm³/mol. The van der Waals surface area contributed by atoms with E-state index < -0.39 is 0 Å². The molecule has 7 heteroatoms. The lowest BCUT2D eigenvalue weighted by molar-refractivity contribution is -0.131. The fourth-order valence-corrected chi connectivity index (χ4v) is 4.19. The molecule has 1 aromatic carbocycles. The number of hydrogen-bond donors (Lipinski definition) is 1. The molecule has 5 rings (SSSR count). The van der Waals surface area contributed by atoms with Crippen LogP contribution in [0.2, 0.25) is 0 Å². The molecule has 1 unspecified atom stereocenters. The molecule has 7 nitrogen and oxygen atoms in total. The molecule has 0 radical (unpaired) electrons. The molecule has 1 fully saturated rings. The maximum absolute atomic E-state index is 13.1. The molecule has 3 aromatic heterocycles. The van der Waals surface area contributed by atoms with E-state index in [0.717, 1.165) is 47.4 Å². The number of rotatable bonds is 4. The summed E-state index contributed by atoms with van der Waals surface area (Å²) in [4.78, 5) is 31.5. The van der Waals surface area contributed by atoms with Crippen LogP contribution in [0.4, 0.5) is 0 Å². The van der Waals surface area contributed by atoms with Crippen LogP contribution in [0.3, 0.4) is 0 Å². The average Bonchev–Trinajstić information content (AvgIpc) is 3.45. The molecule has 1 aliphatic heterocycles. The Hall–Kier alpha value is -3.48. The summed E-state index contributed by atoms with van der Waals surface area (Å²) >= 11 is 0. The Bertz CT molecular complexity index is 1130. The molecule has 0 bridgehead atoms. The molecule has 0 aliphatic carbocycles. The topological polar surface area (TPSA) is 79.7 Å². The molecular formula is C22H22N6O. The Kier molecular flexibility index (Phi) is 4.56. The van der Waals surface area contributed by atoms with Gasteiger partial charge in [-0.3, -0.25) is 14.3 Å². The van der Waals surface area contributed by atoms with Crippen molar-refractivity contribution in [3.05, 3.63) is 72.8 Å². The van der Waals surface area contributed by atoms with Crippen molar-refractivity contribution < 1.29 is 4.79 Å². The van der Waals surface area contributed by atoms with Gasteiger partial charge in [0.2, 0.25) is 5.91 Å². The molecule has 4 aromatic rings. The second kappa shape index (κ2) is 7.50. The highest BCUT2D eigenvalue weighted by molar-refractivity contribution is 5.88. The first-order valence-corrected chi connectivity index (χ1v) is 9.91. The zero-order valence-electron chi connectivity index (χ0n) is 16.0. The van der Waals surface area contributed by atoms with Gasteiger partial charge in [-0.1, -0.05) is 18.2 Å². The minimum Gasteiger partial charge on any atom is -0.361 e. The summed E-state index contributed by atoms with van der Waals surface area (Å²) in [5, 5.41) is 1.12. The lowest BCUT2D eigenvalue weighted by Gasteiger charge is -2.33. The monoisotopic (exact) mass is 386 g/mol. The summed E-state index contributed by atoms with van der Waals surface area (Å²) < 4.78 is 1.88. The number of likely N-dealkylation sites (tertiary alicyclic amines) is 1. The highest BCUT2D eigenvalue weighted by Gasteiger charge is 2.28. The van der Waals surface area contributed by atoms with Crippen LogP contribution in [-0.4, -0.2) is 48.4 Å². The number of benzene rings is 1. The zero-order valence-corrected chi connectivity index (χ0v) is 16.0. The Morgan fingerprint density at radius 1 is 1.17 bits per heavy atom. The van der Waals surface area contributed by atoms with Gasteiger partial charge >= 0.3 is 0 Å². The number of nitrogens with one attached hydrogen (secondary N) is 1. The van der Waals surface area contributed by atoms with Gasteiger partial charge in [-0.05, 0) is 24.5 Å². The Labute approximate surface area is 168 Å². The van der Waals surface area contributed by atoms with Crippen LogP contribution in [-0.2, 0) is 11.2 Å². The van der Waals surface area contributed by atoms with Crippen LogP contribution >= 0.6 is 0 Å². The number of imidazole rings is 1. The number of H-pyrrole nitrogens is 1. The molecular weight excluding hydrogens is 364 g/mol. The van der Waals surface area contributed by atoms with Crippen molar-refractivity contribution in [2.24, 2.45) is 0 Å². The van der Waals surface area contributed by atoms with Crippen LogP contribution in [0, 0.1) is 0 Å². The quantitative estimate of drug-likeness (QED) is 0.584.